The number of carbonyl (C=O) groups excluding carboxylic acids is 1. The Morgan fingerprint density at radius 3 is 2.67 bits per heavy atom. The number of aromatic nitrogens is 1. The summed E-state index contributed by atoms with van der Waals surface area (Å²) in [6.07, 6.45) is 0. The minimum Gasteiger partial charge on any atom is -0.334 e. The van der Waals surface area contributed by atoms with E-state index in [4.69, 9.17) is 0 Å². The number of nitrogens with one attached hydrogen (secondary N) is 1. The molecule has 0 bridgehead atoms. The Morgan fingerprint density at radius 2 is 2.10 bits per heavy atom. The van der Waals surface area contributed by atoms with E-state index in [1.54, 1.807) is 11.0 Å². The molecule has 1 amide bonds. The molecule has 2 aromatic rings. The highest BCUT2D eigenvalue weighted by atomic mass is 32.1. The molecule has 2 rings (SSSR count). The average Bonchev–Trinajstić information content (AvgIpc) is 2.88. The highest BCUT2D eigenvalue weighted by Gasteiger charge is 2.19. The Morgan fingerprint density at radius 1 is 1.38 bits per heavy atom. The summed E-state index contributed by atoms with van der Waals surface area (Å²) < 4.78 is 14.5. The molecule has 0 aliphatic heterocycles. The van der Waals surface area contributed by atoms with Crippen LogP contribution >= 0.6 is 11.3 Å². The number of hydrogen-bond acceptors (Lipinski definition) is 3. The molecule has 4 nitrogen and oxygen atoms in total. The number of benzene rings is 1. The summed E-state index contributed by atoms with van der Waals surface area (Å²) >= 11 is 1.36. The second kappa shape index (κ2) is 6.95. The molecule has 0 aliphatic rings. The molecule has 0 spiro atoms. The van der Waals surface area contributed by atoms with Gasteiger partial charge in [0, 0.05) is 6.92 Å². The van der Waals surface area contributed by atoms with Crippen LogP contribution in [0.25, 0.3) is 10.2 Å². The van der Waals surface area contributed by atoms with E-state index in [-0.39, 0.29) is 11.7 Å². The van der Waals surface area contributed by atoms with E-state index in [1.165, 1.54) is 29.2 Å². The monoisotopic (exact) mass is 310 g/mol. The number of amides is 1. The van der Waals surface area contributed by atoms with Crippen LogP contribution in [0.3, 0.4) is 0 Å². The van der Waals surface area contributed by atoms with Gasteiger partial charge in [-0.2, -0.15) is 0 Å². The lowest BCUT2D eigenvalue weighted by atomic mass is 10.3. The van der Waals surface area contributed by atoms with Crippen LogP contribution in [-0.4, -0.2) is 37.1 Å². The zero-order chi connectivity index (χ0) is 15.4. The molecule has 0 aliphatic carbocycles. The number of hydrogen-bond donors (Lipinski definition) is 1. The van der Waals surface area contributed by atoms with Gasteiger partial charge in [0.15, 0.2) is 5.13 Å². The zero-order valence-electron chi connectivity index (χ0n) is 12.6. The molecule has 0 saturated heterocycles. The van der Waals surface area contributed by atoms with Gasteiger partial charge in [-0.05, 0) is 26.0 Å². The third-order valence-electron chi connectivity index (χ3n) is 3.66. The topological polar surface area (TPSA) is 37.6 Å². The first kappa shape index (κ1) is 15.9. The molecular formula is C15H21FN3OS+. The number of quaternary nitrogens is 1. The van der Waals surface area contributed by atoms with Crippen molar-refractivity contribution in [2.24, 2.45) is 0 Å². The average molecular weight is 310 g/mol. The van der Waals surface area contributed by atoms with Crippen molar-refractivity contribution in [2.45, 2.75) is 20.8 Å². The fourth-order valence-electron chi connectivity index (χ4n) is 2.28. The second-order valence-electron chi connectivity index (χ2n) is 4.96. The Balaban J connectivity index is 2.24. The number of thiazole rings is 1. The predicted molar refractivity (Wildman–Crippen MR) is 84.5 cm³/mol. The van der Waals surface area contributed by atoms with Crippen LogP contribution in [0.1, 0.15) is 20.8 Å². The quantitative estimate of drug-likeness (QED) is 0.882. The molecule has 0 saturated carbocycles. The predicted octanol–water partition coefficient (Wildman–Crippen LogP) is 1.71. The molecule has 21 heavy (non-hydrogen) atoms. The number of para-hydroxylation sites is 1. The fraction of sp³-hybridized carbons (Fsp3) is 0.467. The van der Waals surface area contributed by atoms with Crippen molar-refractivity contribution in [3.8, 4) is 0 Å². The molecular weight excluding hydrogens is 289 g/mol. The zero-order valence-corrected chi connectivity index (χ0v) is 13.5. The van der Waals surface area contributed by atoms with Gasteiger partial charge in [-0.25, -0.2) is 9.37 Å². The highest BCUT2D eigenvalue weighted by Crippen LogP contribution is 2.30. The maximum absolute atomic E-state index is 13.7. The van der Waals surface area contributed by atoms with E-state index < -0.39 is 0 Å². The summed E-state index contributed by atoms with van der Waals surface area (Å²) in [6, 6.07) is 4.88. The van der Waals surface area contributed by atoms with Gasteiger partial charge in [-0.3, -0.25) is 9.69 Å². The van der Waals surface area contributed by atoms with E-state index in [2.05, 4.69) is 18.8 Å². The Kier molecular flexibility index (Phi) is 5.25. The first-order valence-electron chi connectivity index (χ1n) is 7.23. The molecule has 1 aromatic carbocycles. The minimum atomic E-state index is -0.340. The summed E-state index contributed by atoms with van der Waals surface area (Å²) in [5.74, 6) is -0.395. The first-order valence-corrected chi connectivity index (χ1v) is 8.05. The van der Waals surface area contributed by atoms with Crippen molar-refractivity contribution < 1.29 is 14.1 Å². The van der Waals surface area contributed by atoms with Crippen LogP contribution in [0.15, 0.2) is 18.2 Å². The van der Waals surface area contributed by atoms with Crippen molar-refractivity contribution >= 4 is 32.6 Å². The summed E-state index contributed by atoms with van der Waals surface area (Å²) in [6.45, 7) is 9.31. The maximum atomic E-state index is 13.7. The highest BCUT2D eigenvalue weighted by molar-refractivity contribution is 7.22. The number of carbonyl (C=O) groups is 1. The van der Waals surface area contributed by atoms with Crippen LogP contribution in [0, 0.1) is 5.82 Å². The minimum absolute atomic E-state index is 0.0546. The maximum Gasteiger partial charge on any atom is 0.225 e. The van der Waals surface area contributed by atoms with Crippen molar-refractivity contribution in [1.29, 1.82) is 0 Å². The normalized spacial score (nSPS) is 11.3. The SMILES string of the molecule is CC[NH+](CC)CCN(C(C)=O)c1nc2c(F)cccc2s1. The molecule has 1 heterocycles. The van der Waals surface area contributed by atoms with Crippen LogP contribution in [0.4, 0.5) is 9.52 Å². The van der Waals surface area contributed by atoms with Gasteiger partial charge in [0.2, 0.25) is 5.91 Å². The Bertz CT molecular complexity index is 624. The molecule has 1 N–H and O–H groups in total. The third kappa shape index (κ3) is 3.57. The van der Waals surface area contributed by atoms with Crippen molar-refractivity contribution in [1.82, 2.24) is 4.98 Å². The second-order valence-corrected chi connectivity index (χ2v) is 5.97. The van der Waals surface area contributed by atoms with Crippen LogP contribution in [-0.2, 0) is 4.79 Å². The van der Waals surface area contributed by atoms with Gasteiger partial charge in [-0.1, -0.05) is 17.4 Å². The third-order valence-corrected chi connectivity index (χ3v) is 4.70. The van der Waals surface area contributed by atoms with E-state index in [0.29, 0.717) is 17.2 Å². The van der Waals surface area contributed by atoms with E-state index in [0.717, 1.165) is 24.3 Å². The van der Waals surface area contributed by atoms with Crippen LogP contribution in [0.5, 0.6) is 0 Å². The molecule has 0 atom stereocenters. The number of fused-ring (bicyclic) bond motifs is 1. The summed E-state index contributed by atoms with van der Waals surface area (Å²) in [5, 5.41) is 0.578. The molecule has 0 radical (unpaired) electrons. The molecule has 1 aromatic heterocycles. The number of rotatable bonds is 6. The lowest BCUT2D eigenvalue weighted by Gasteiger charge is -2.21. The van der Waals surface area contributed by atoms with E-state index in [9.17, 15) is 9.18 Å². The van der Waals surface area contributed by atoms with Gasteiger partial charge >= 0.3 is 0 Å². The smallest absolute Gasteiger partial charge is 0.225 e. The molecule has 0 fully saturated rings. The van der Waals surface area contributed by atoms with Gasteiger partial charge in [0.25, 0.3) is 0 Å². The number of likely N-dealkylation sites (N-methyl/N-ethyl adjacent to an activating group) is 1. The van der Waals surface area contributed by atoms with Gasteiger partial charge < -0.3 is 4.90 Å². The van der Waals surface area contributed by atoms with E-state index in [1.807, 2.05) is 6.07 Å². The van der Waals surface area contributed by atoms with Gasteiger partial charge in [0.05, 0.1) is 30.9 Å². The first-order chi connectivity index (χ1) is 10.1. The molecule has 114 valence electrons. The number of nitrogens with zero attached hydrogens (tertiary/aromatic N) is 2. The van der Waals surface area contributed by atoms with Crippen LogP contribution in [0.2, 0.25) is 0 Å². The summed E-state index contributed by atoms with van der Waals surface area (Å²) in [7, 11) is 0. The Hall–Kier alpha value is -1.53. The van der Waals surface area contributed by atoms with Crippen molar-refractivity contribution in [2.75, 3.05) is 31.1 Å². The lowest BCUT2D eigenvalue weighted by Crippen LogP contribution is -3.12. The van der Waals surface area contributed by atoms with Gasteiger partial charge in [0.1, 0.15) is 11.3 Å². The molecule has 6 heteroatoms. The van der Waals surface area contributed by atoms with Crippen molar-refractivity contribution in [3.63, 3.8) is 0 Å². The standard InChI is InChI=1S/C15H20FN3OS/c1-4-18(5-2)9-10-19(11(3)20)15-17-14-12(16)7-6-8-13(14)21-15/h6-8H,4-5,9-10H2,1-3H3/p+1. The van der Waals surface area contributed by atoms with E-state index >= 15 is 0 Å². The number of halogens is 1. The Labute approximate surface area is 128 Å². The largest absolute Gasteiger partial charge is 0.334 e. The summed E-state index contributed by atoms with van der Waals surface area (Å²) in [4.78, 5) is 19.3. The van der Waals surface area contributed by atoms with Crippen LogP contribution < -0.4 is 9.80 Å². The van der Waals surface area contributed by atoms with Gasteiger partial charge in [-0.15, -0.1) is 0 Å². The lowest BCUT2D eigenvalue weighted by molar-refractivity contribution is -0.894. The number of anilines is 1. The fourth-order valence-corrected chi connectivity index (χ4v) is 3.33. The van der Waals surface area contributed by atoms with Crippen molar-refractivity contribution in [3.05, 3.63) is 24.0 Å². The summed E-state index contributed by atoms with van der Waals surface area (Å²) in [5.41, 5.74) is 0.346. The molecule has 0 unspecified atom stereocenters.